The molecule has 0 aliphatic rings. The van der Waals surface area contributed by atoms with Crippen molar-refractivity contribution in [2.75, 3.05) is 10.7 Å². The van der Waals surface area contributed by atoms with Crippen LogP contribution in [0.5, 0.6) is 0 Å². The average molecular weight is 372 g/mol. The molecule has 0 bridgehead atoms. The molecule has 3 aromatic heterocycles. The van der Waals surface area contributed by atoms with Crippen molar-refractivity contribution in [3.05, 3.63) is 41.5 Å². The van der Waals surface area contributed by atoms with Gasteiger partial charge < -0.3 is 5.73 Å². The number of aryl methyl sites for hydroxylation is 1. The summed E-state index contributed by atoms with van der Waals surface area (Å²) in [5.74, 6) is 6.50. The summed E-state index contributed by atoms with van der Waals surface area (Å²) in [7, 11) is 0. The molecule has 27 heavy (non-hydrogen) atoms. The Morgan fingerprint density at radius 2 is 1.93 bits per heavy atom. The number of rotatable bonds is 4. The molecule has 0 aromatic carbocycles. The Kier molecular flexibility index (Phi) is 4.75. The molecule has 3 heterocycles. The summed E-state index contributed by atoms with van der Waals surface area (Å²) < 4.78 is 17.9. The molecular formula is C17H21FN8O. The highest BCUT2D eigenvalue weighted by Crippen LogP contribution is 2.33. The van der Waals surface area contributed by atoms with Crippen LogP contribution in [0.1, 0.15) is 38.0 Å². The molecule has 4 N–H and O–H groups in total. The lowest BCUT2D eigenvalue weighted by atomic mass is 9.95. The first-order valence-electron chi connectivity index (χ1n) is 8.27. The van der Waals surface area contributed by atoms with Gasteiger partial charge in [-0.2, -0.15) is 4.39 Å². The molecule has 0 aliphatic carbocycles. The third-order valence-corrected chi connectivity index (χ3v) is 3.94. The van der Waals surface area contributed by atoms with Gasteiger partial charge in [0.2, 0.25) is 5.95 Å². The van der Waals surface area contributed by atoms with Gasteiger partial charge in [0.1, 0.15) is 28.6 Å². The second-order valence-corrected chi connectivity index (χ2v) is 7.18. The Labute approximate surface area is 155 Å². The maximum absolute atomic E-state index is 13.2. The molecule has 3 aromatic rings. The van der Waals surface area contributed by atoms with Gasteiger partial charge in [-0.1, -0.05) is 31.1 Å². The Bertz CT molecular complexity index is 949. The summed E-state index contributed by atoms with van der Waals surface area (Å²) in [6.45, 7) is 7.88. The van der Waals surface area contributed by atoms with Gasteiger partial charge in [-0.3, -0.25) is 5.01 Å². The lowest BCUT2D eigenvalue weighted by Crippen LogP contribution is -2.33. The van der Waals surface area contributed by atoms with E-state index in [1.807, 2.05) is 20.8 Å². The fourth-order valence-electron chi connectivity index (χ4n) is 2.38. The topological polar surface area (TPSA) is 133 Å². The van der Waals surface area contributed by atoms with Crippen molar-refractivity contribution >= 4 is 11.5 Å². The first kappa shape index (κ1) is 18.6. The van der Waals surface area contributed by atoms with Crippen LogP contribution in [0.15, 0.2) is 23.0 Å². The van der Waals surface area contributed by atoms with E-state index in [1.54, 1.807) is 13.0 Å². The van der Waals surface area contributed by atoms with Crippen LogP contribution in [0.4, 0.5) is 15.9 Å². The van der Waals surface area contributed by atoms with E-state index in [0.29, 0.717) is 34.3 Å². The van der Waals surface area contributed by atoms with Crippen LogP contribution in [0.25, 0.3) is 11.3 Å². The highest BCUT2D eigenvalue weighted by molar-refractivity contribution is 5.80. The van der Waals surface area contributed by atoms with Crippen LogP contribution in [0.2, 0.25) is 0 Å². The van der Waals surface area contributed by atoms with Gasteiger partial charge in [0.25, 0.3) is 0 Å². The molecule has 3 rings (SSSR count). The summed E-state index contributed by atoms with van der Waals surface area (Å²) in [6, 6.07) is 2.81. The zero-order valence-corrected chi connectivity index (χ0v) is 15.6. The first-order chi connectivity index (χ1) is 12.7. The third-order valence-electron chi connectivity index (χ3n) is 3.94. The highest BCUT2D eigenvalue weighted by Gasteiger charge is 2.24. The van der Waals surface area contributed by atoms with E-state index in [9.17, 15) is 4.39 Å². The summed E-state index contributed by atoms with van der Waals surface area (Å²) in [6.07, 6.45) is 1.37. The maximum atomic E-state index is 13.2. The van der Waals surface area contributed by atoms with Crippen LogP contribution in [0, 0.1) is 12.9 Å². The highest BCUT2D eigenvalue weighted by atomic mass is 19.1. The van der Waals surface area contributed by atoms with Gasteiger partial charge in [0, 0.05) is 17.2 Å². The standard InChI is InChI=1S/C17H21FN8O/c1-9-11(25-27-24-9)8-26(20)15-13(19)14(10-5-6-12(18)21-7-10)22-16(23-15)17(2,3)4/h5-7H,8,19-20H2,1-4H3. The van der Waals surface area contributed by atoms with Crippen molar-refractivity contribution in [2.45, 2.75) is 39.7 Å². The minimum atomic E-state index is -0.586. The van der Waals surface area contributed by atoms with Crippen LogP contribution in [0.3, 0.4) is 0 Å². The quantitative estimate of drug-likeness (QED) is 0.401. The Hall–Kier alpha value is -3.14. The summed E-state index contributed by atoms with van der Waals surface area (Å²) >= 11 is 0. The molecule has 10 heteroatoms. The lowest BCUT2D eigenvalue weighted by Gasteiger charge is -2.24. The Balaban J connectivity index is 2.10. The maximum Gasteiger partial charge on any atom is 0.212 e. The van der Waals surface area contributed by atoms with Crippen molar-refractivity contribution < 1.29 is 9.02 Å². The predicted molar refractivity (Wildman–Crippen MR) is 97.7 cm³/mol. The predicted octanol–water partition coefficient (Wildman–Crippen LogP) is 2.13. The molecule has 0 atom stereocenters. The summed E-state index contributed by atoms with van der Waals surface area (Å²) in [4.78, 5) is 12.8. The van der Waals surface area contributed by atoms with E-state index in [2.05, 4.69) is 25.3 Å². The van der Waals surface area contributed by atoms with Crippen LogP contribution in [-0.4, -0.2) is 25.3 Å². The molecule has 0 aliphatic heterocycles. The van der Waals surface area contributed by atoms with Gasteiger partial charge in [-0.25, -0.2) is 25.4 Å². The van der Waals surface area contributed by atoms with Crippen molar-refractivity contribution in [1.29, 1.82) is 0 Å². The number of hydrogen-bond donors (Lipinski definition) is 2. The number of nitrogen functional groups attached to an aromatic ring is 1. The second-order valence-electron chi connectivity index (χ2n) is 7.18. The van der Waals surface area contributed by atoms with Crippen molar-refractivity contribution in [1.82, 2.24) is 25.3 Å². The van der Waals surface area contributed by atoms with Crippen LogP contribution < -0.4 is 16.6 Å². The zero-order valence-electron chi connectivity index (χ0n) is 15.6. The molecular weight excluding hydrogens is 351 g/mol. The molecule has 0 amide bonds. The van der Waals surface area contributed by atoms with Gasteiger partial charge in [0.05, 0.1) is 6.54 Å². The first-order valence-corrected chi connectivity index (χ1v) is 8.27. The molecule has 0 unspecified atom stereocenters. The molecule has 0 spiro atoms. The number of nitrogens with zero attached hydrogens (tertiary/aromatic N) is 6. The van der Waals surface area contributed by atoms with Gasteiger partial charge in [0.15, 0.2) is 5.82 Å². The summed E-state index contributed by atoms with van der Waals surface area (Å²) in [5.41, 5.74) is 8.39. The van der Waals surface area contributed by atoms with E-state index < -0.39 is 5.95 Å². The Morgan fingerprint density at radius 1 is 1.19 bits per heavy atom. The fourth-order valence-corrected chi connectivity index (χ4v) is 2.38. The van der Waals surface area contributed by atoms with E-state index in [1.165, 1.54) is 17.3 Å². The molecule has 9 nitrogen and oxygen atoms in total. The van der Waals surface area contributed by atoms with Gasteiger partial charge >= 0.3 is 0 Å². The number of hydrazine groups is 1. The lowest BCUT2D eigenvalue weighted by molar-refractivity contribution is 0.301. The SMILES string of the molecule is Cc1nonc1CN(N)c1nc(C(C)(C)C)nc(-c2ccc(F)nc2)c1N. The van der Waals surface area contributed by atoms with Crippen molar-refractivity contribution in [3.63, 3.8) is 0 Å². The minimum Gasteiger partial charge on any atom is -0.394 e. The van der Waals surface area contributed by atoms with E-state index in [0.717, 1.165) is 0 Å². The molecule has 142 valence electrons. The number of nitrogens with two attached hydrogens (primary N) is 2. The Morgan fingerprint density at radius 3 is 2.48 bits per heavy atom. The molecule has 0 radical (unpaired) electrons. The smallest absolute Gasteiger partial charge is 0.212 e. The number of pyridine rings is 1. The minimum absolute atomic E-state index is 0.196. The van der Waals surface area contributed by atoms with Gasteiger partial charge in [-0.05, 0) is 19.1 Å². The summed E-state index contributed by atoms with van der Waals surface area (Å²) in [5, 5.41) is 8.93. The van der Waals surface area contributed by atoms with Crippen LogP contribution in [-0.2, 0) is 12.0 Å². The van der Waals surface area contributed by atoms with Crippen LogP contribution >= 0.6 is 0 Å². The number of hydrogen-bond acceptors (Lipinski definition) is 9. The van der Waals surface area contributed by atoms with E-state index in [-0.39, 0.29) is 17.6 Å². The van der Waals surface area contributed by atoms with E-state index in [4.69, 9.17) is 16.2 Å². The van der Waals surface area contributed by atoms with E-state index >= 15 is 0 Å². The largest absolute Gasteiger partial charge is 0.394 e. The van der Waals surface area contributed by atoms with Crippen molar-refractivity contribution in [3.8, 4) is 11.3 Å². The zero-order chi connectivity index (χ0) is 19.8. The number of anilines is 2. The monoisotopic (exact) mass is 372 g/mol. The molecule has 0 saturated carbocycles. The number of aromatic nitrogens is 5. The molecule has 0 fully saturated rings. The second kappa shape index (κ2) is 6.88. The normalized spacial score (nSPS) is 11.6. The third kappa shape index (κ3) is 3.85. The van der Waals surface area contributed by atoms with Gasteiger partial charge in [-0.15, -0.1) is 0 Å². The average Bonchev–Trinajstić information content (AvgIpc) is 2.99. The van der Waals surface area contributed by atoms with Crippen molar-refractivity contribution in [2.24, 2.45) is 5.84 Å². The number of halogens is 1. The fraction of sp³-hybridized carbons (Fsp3) is 0.353. The molecule has 0 saturated heterocycles.